The van der Waals surface area contributed by atoms with Crippen LogP contribution in [0.4, 0.5) is 0 Å². The maximum atomic E-state index is 14.0. The number of alkyl halides is 1. The van der Waals surface area contributed by atoms with Gasteiger partial charge in [-0.3, -0.25) is 24.0 Å². The number of hydrogen-bond acceptors (Lipinski definition) is 10. The van der Waals surface area contributed by atoms with Crippen molar-refractivity contribution in [2.24, 2.45) is 45.7 Å². The summed E-state index contributed by atoms with van der Waals surface area (Å²) in [6.45, 7) is 3.78. The number of Topliss-reactive ketones (excluding diaryl/α,β-unsaturated/α-hetero) is 1. The first-order valence-corrected chi connectivity index (χ1v) is 22.6. The molecule has 2 bridgehead atoms. The normalized spacial score (nSPS) is 39.2. The summed E-state index contributed by atoms with van der Waals surface area (Å²) < 4.78 is 13.5. The second-order valence-corrected chi connectivity index (χ2v) is 19.6. The Kier molecular flexibility index (Phi) is 11.7. The molecule has 7 N–H and O–H groups in total. The van der Waals surface area contributed by atoms with Crippen LogP contribution in [-0.4, -0.2) is 94.4 Å². The van der Waals surface area contributed by atoms with Crippen LogP contribution in [-0.2, 0) is 39.9 Å². The van der Waals surface area contributed by atoms with E-state index in [0.29, 0.717) is 38.1 Å². The quantitative estimate of drug-likeness (QED) is 0.112. The van der Waals surface area contributed by atoms with E-state index in [-0.39, 0.29) is 58.7 Å². The van der Waals surface area contributed by atoms with Gasteiger partial charge in [0.05, 0.1) is 24.1 Å². The first kappa shape index (κ1) is 42.4. The monoisotopic (exact) mass is 878 g/mol. The number of aliphatic hydroxyl groups excluding tert-OH is 2. The number of ether oxygens (including phenoxy) is 2. The molecule has 1 unspecified atom stereocenters. The lowest BCUT2D eigenvalue weighted by Gasteiger charge is -2.59. The van der Waals surface area contributed by atoms with Crippen LogP contribution in [0.5, 0.6) is 0 Å². The van der Waals surface area contributed by atoms with Crippen LogP contribution >= 0.6 is 15.9 Å². The highest BCUT2D eigenvalue weighted by Gasteiger charge is 2.76. The fourth-order valence-corrected chi connectivity index (χ4v) is 13.3. The van der Waals surface area contributed by atoms with Gasteiger partial charge in [0.1, 0.15) is 12.6 Å². The molecular formula is C45H59BrN4O9. The third kappa shape index (κ3) is 7.26. The van der Waals surface area contributed by atoms with Gasteiger partial charge in [-0.25, -0.2) is 0 Å². The van der Waals surface area contributed by atoms with Gasteiger partial charge in [-0.15, -0.1) is 0 Å². The first-order chi connectivity index (χ1) is 28.2. The Labute approximate surface area is 354 Å². The lowest BCUT2D eigenvalue weighted by atomic mass is 9.46. The zero-order chi connectivity index (χ0) is 41.9. The minimum absolute atomic E-state index is 0.0147. The number of aliphatic hydroxyl groups is 2. The molecule has 1 aromatic rings. The summed E-state index contributed by atoms with van der Waals surface area (Å²) in [5, 5.41) is 31.0. The Morgan fingerprint density at radius 3 is 2.53 bits per heavy atom. The van der Waals surface area contributed by atoms with E-state index in [1.165, 1.54) is 0 Å². The number of unbranched alkanes of at least 4 members (excludes halogenated alkanes) is 1. The van der Waals surface area contributed by atoms with Crippen LogP contribution in [0.15, 0.2) is 48.1 Å². The minimum Gasteiger partial charge on any atom is -0.393 e. The van der Waals surface area contributed by atoms with Crippen molar-refractivity contribution < 1.29 is 43.7 Å². The third-order valence-electron chi connectivity index (χ3n) is 15.7. The zero-order valence-electron chi connectivity index (χ0n) is 34.1. The van der Waals surface area contributed by atoms with Crippen molar-refractivity contribution in [3.63, 3.8) is 0 Å². The van der Waals surface area contributed by atoms with Gasteiger partial charge in [-0.05, 0) is 118 Å². The van der Waals surface area contributed by atoms with Crippen LogP contribution in [0.1, 0.15) is 95.5 Å². The van der Waals surface area contributed by atoms with Gasteiger partial charge in [0.2, 0.25) is 17.7 Å². The van der Waals surface area contributed by atoms with E-state index in [9.17, 15) is 34.2 Å². The Morgan fingerprint density at radius 1 is 1.05 bits per heavy atom. The molecule has 6 saturated carbocycles. The highest BCUT2D eigenvalue weighted by atomic mass is 79.9. The number of carbonyl (C=O) groups is 5. The highest BCUT2D eigenvalue weighted by Crippen LogP contribution is 2.70. The van der Waals surface area contributed by atoms with Crippen molar-refractivity contribution in [3.8, 4) is 0 Å². The molecule has 13 nitrogen and oxygen atoms in total. The molecule has 1 heterocycles. The number of halogens is 1. The molecule has 14 heteroatoms. The number of rotatable bonds is 15. The molecule has 59 heavy (non-hydrogen) atoms. The lowest BCUT2D eigenvalue weighted by molar-refractivity contribution is -0.201. The molecular weight excluding hydrogens is 820 g/mol. The van der Waals surface area contributed by atoms with Gasteiger partial charge >= 0.3 is 0 Å². The standard InChI is InChI=1S/C45H59BrN4O9/c1-42-13-12-29(52)15-28(42)10-11-30-31-16-36-45(35(54)24-51,43(31,2)21-34(53)39(30)42)59-41(58-36)26-8-6-25(7-9-26)17-44-18-27(19-44)33(20-44)50-40(57)32(5-3-4-14-47)49-38(56)23-48-37(55)22-46/h6-9,12-13,15,27,30-34,36,39,41,51,53H,3-5,10-11,14,16-24,47H2,1-2H3,(H,48,55)(H,49,56)(H,50,57)/t27?,30-,31-,32-,33?,34-,36+,39+,41+,42-,43-,44?,45+/m0/s1. The lowest BCUT2D eigenvalue weighted by Crippen LogP contribution is -2.63. The smallest absolute Gasteiger partial charge is 0.242 e. The van der Waals surface area contributed by atoms with Crippen LogP contribution in [0.3, 0.4) is 0 Å². The van der Waals surface area contributed by atoms with Crippen molar-refractivity contribution in [2.75, 3.05) is 25.0 Å². The van der Waals surface area contributed by atoms with E-state index in [0.717, 1.165) is 61.6 Å². The van der Waals surface area contributed by atoms with Crippen LogP contribution < -0.4 is 21.7 Å². The van der Waals surface area contributed by atoms with E-state index < -0.39 is 59.3 Å². The number of fused-ring (bicyclic) bond motifs is 8. The maximum Gasteiger partial charge on any atom is 0.242 e. The van der Waals surface area contributed by atoms with Crippen LogP contribution in [0.25, 0.3) is 0 Å². The van der Waals surface area contributed by atoms with Gasteiger partial charge in [0.15, 0.2) is 23.5 Å². The second kappa shape index (κ2) is 16.2. The molecule has 320 valence electrons. The number of allylic oxidation sites excluding steroid dienone is 4. The molecule has 7 aliphatic carbocycles. The summed E-state index contributed by atoms with van der Waals surface area (Å²) in [5.74, 6) is -0.983. The third-order valence-corrected chi connectivity index (χ3v) is 16.2. The Morgan fingerprint density at radius 2 is 1.81 bits per heavy atom. The Bertz CT molecular complexity index is 1920. The summed E-state index contributed by atoms with van der Waals surface area (Å²) in [4.78, 5) is 63.9. The summed E-state index contributed by atoms with van der Waals surface area (Å²) in [6, 6.07) is 7.45. The number of amides is 3. The SMILES string of the molecule is C[C@]12C=CC(=O)C=C1CC[C@@H]1[C@@H]2[C@@H](O)C[C@@]2(C)[C@H]1C[C@H]1O[C@@H](c3ccc(CC45CC(C4)C(NC(=O)[C@H](CCCCN)NC(=O)CNC(=O)CBr)C5)cc3)O[C@]12C(=O)CO. The second-order valence-electron chi connectivity index (χ2n) is 19.1. The molecule has 0 aromatic heterocycles. The van der Waals surface area contributed by atoms with E-state index >= 15 is 0 Å². The predicted molar refractivity (Wildman–Crippen MR) is 220 cm³/mol. The summed E-state index contributed by atoms with van der Waals surface area (Å²) in [5.41, 5.74) is 6.14. The van der Waals surface area contributed by atoms with Crippen molar-refractivity contribution in [2.45, 2.75) is 121 Å². The maximum absolute atomic E-state index is 14.0. The van der Waals surface area contributed by atoms with Crippen LogP contribution in [0.2, 0.25) is 0 Å². The first-order valence-electron chi connectivity index (χ1n) is 21.5. The molecule has 7 fully saturated rings. The molecule has 0 radical (unpaired) electrons. The highest BCUT2D eigenvalue weighted by molar-refractivity contribution is 9.09. The van der Waals surface area contributed by atoms with Gasteiger partial charge in [0, 0.05) is 28.4 Å². The largest absolute Gasteiger partial charge is 0.393 e. The number of nitrogens with one attached hydrogen (secondary N) is 3. The van der Waals surface area contributed by atoms with Gasteiger partial charge < -0.3 is 41.4 Å². The minimum atomic E-state index is -1.41. The molecule has 3 amide bonds. The van der Waals surface area contributed by atoms with Crippen molar-refractivity contribution in [1.29, 1.82) is 0 Å². The Hall–Kier alpha value is -3.27. The number of carbonyl (C=O) groups excluding carboxylic acids is 5. The fourth-order valence-electron chi connectivity index (χ4n) is 13.1. The van der Waals surface area contributed by atoms with Crippen molar-refractivity contribution in [3.05, 3.63) is 59.2 Å². The molecule has 1 saturated heterocycles. The number of benzene rings is 1. The summed E-state index contributed by atoms with van der Waals surface area (Å²) in [6.07, 6.45) is 11.3. The molecule has 8 aliphatic rings. The molecule has 0 spiro atoms. The van der Waals surface area contributed by atoms with Gasteiger partial charge in [0.25, 0.3) is 0 Å². The number of nitrogens with two attached hydrogens (primary N) is 1. The van der Waals surface area contributed by atoms with E-state index in [1.807, 2.05) is 25.1 Å². The zero-order valence-corrected chi connectivity index (χ0v) is 35.6. The van der Waals surface area contributed by atoms with E-state index in [4.69, 9.17) is 15.2 Å². The number of ketones is 2. The average Bonchev–Trinajstić information content (AvgIpc) is 3.92. The van der Waals surface area contributed by atoms with Crippen molar-refractivity contribution in [1.82, 2.24) is 16.0 Å². The molecule has 11 atom stereocenters. The Balaban J connectivity index is 0.910. The average molecular weight is 880 g/mol. The van der Waals surface area contributed by atoms with Gasteiger partial charge in [-0.2, -0.15) is 0 Å². The topological polar surface area (TPSA) is 206 Å². The van der Waals surface area contributed by atoms with E-state index in [2.05, 4.69) is 50.9 Å². The van der Waals surface area contributed by atoms with Gasteiger partial charge in [-0.1, -0.05) is 65.7 Å². The summed E-state index contributed by atoms with van der Waals surface area (Å²) >= 11 is 3.07. The molecule has 9 rings (SSSR count). The van der Waals surface area contributed by atoms with Crippen LogP contribution in [0, 0.1) is 39.9 Å². The fraction of sp³-hybridized carbons (Fsp3) is 0.667. The van der Waals surface area contributed by atoms with E-state index in [1.54, 1.807) is 12.2 Å². The predicted octanol–water partition coefficient (Wildman–Crippen LogP) is 3.24. The molecule has 1 aromatic carbocycles. The van der Waals surface area contributed by atoms with Crippen molar-refractivity contribution >= 4 is 45.2 Å². The summed E-state index contributed by atoms with van der Waals surface area (Å²) in [7, 11) is 0. The molecule has 1 aliphatic heterocycles. The number of hydrogen-bond donors (Lipinski definition) is 6.